The fraction of sp³-hybridized carbons (Fsp3) is 0.421. The van der Waals surface area contributed by atoms with E-state index in [1.165, 1.54) is 5.56 Å². The van der Waals surface area contributed by atoms with E-state index in [1.54, 1.807) is 4.90 Å². The Kier molecular flexibility index (Phi) is 4.62. The van der Waals surface area contributed by atoms with Crippen LogP contribution in [0.4, 0.5) is 10.5 Å². The first-order valence-electron chi connectivity index (χ1n) is 8.33. The Morgan fingerprint density at radius 3 is 2.58 bits per heavy atom. The number of ether oxygens (including phenoxy) is 1. The van der Waals surface area contributed by atoms with Crippen LogP contribution in [0.2, 0.25) is 0 Å². The zero-order valence-electron chi connectivity index (χ0n) is 14.6. The minimum Gasteiger partial charge on any atom is -0.466 e. The van der Waals surface area contributed by atoms with Gasteiger partial charge in [0.2, 0.25) is 0 Å². The second-order valence-electron chi connectivity index (χ2n) is 6.34. The van der Waals surface area contributed by atoms with E-state index >= 15 is 0 Å². The van der Waals surface area contributed by atoms with Gasteiger partial charge in [0.25, 0.3) is 0 Å². The average molecular weight is 328 g/mol. The van der Waals surface area contributed by atoms with E-state index in [0.29, 0.717) is 13.2 Å². The van der Waals surface area contributed by atoms with E-state index in [1.807, 2.05) is 32.0 Å². The van der Waals surface area contributed by atoms with Gasteiger partial charge in [0.15, 0.2) is 0 Å². The van der Waals surface area contributed by atoms with Crippen LogP contribution in [0.3, 0.4) is 0 Å². The fourth-order valence-electron chi connectivity index (χ4n) is 3.23. The standard InChI is InChI=1S/C19H24N2O3/c1-12-10-18(15(4)24-12)14(3)20-13(2)16-6-5-7-17(11-16)21-8-9-23-19(21)22/h5-7,10-11,13-14,20H,8-9H2,1-4H3/t13-,14+/m0/s1. The number of aryl methyl sites for hydroxylation is 2. The van der Waals surface area contributed by atoms with Gasteiger partial charge >= 0.3 is 6.09 Å². The number of nitrogens with one attached hydrogen (secondary N) is 1. The molecule has 24 heavy (non-hydrogen) atoms. The van der Waals surface area contributed by atoms with E-state index < -0.39 is 0 Å². The van der Waals surface area contributed by atoms with E-state index in [4.69, 9.17) is 9.15 Å². The molecule has 1 N–H and O–H groups in total. The minimum atomic E-state index is -0.273. The predicted octanol–water partition coefficient (Wildman–Crippen LogP) is 4.26. The maximum absolute atomic E-state index is 11.7. The number of anilines is 1. The Labute approximate surface area is 142 Å². The highest BCUT2D eigenvalue weighted by Gasteiger charge is 2.24. The summed E-state index contributed by atoms with van der Waals surface area (Å²) >= 11 is 0. The van der Waals surface area contributed by atoms with Gasteiger partial charge in [-0.25, -0.2) is 4.79 Å². The average Bonchev–Trinajstić information content (AvgIpc) is 3.12. The number of hydrogen-bond donors (Lipinski definition) is 1. The maximum atomic E-state index is 11.7. The molecule has 2 aromatic rings. The molecule has 1 fully saturated rings. The van der Waals surface area contributed by atoms with Crippen molar-refractivity contribution in [3.05, 3.63) is 53.0 Å². The molecule has 0 radical (unpaired) electrons. The normalized spacial score (nSPS) is 17.0. The first kappa shape index (κ1) is 16.6. The molecule has 0 saturated carbocycles. The maximum Gasteiger partial charge on any atom is 0.414 e. The highest BCUT2D eigenvalue weighted by Crippen LogP contribution is 2.27. The SMILES string of the molecule is Cc1cc([C@@H](C)N[C@@H](C)c2cccc(N3CCOC3=O)c2)c(C)o1. The fourth-order valence-corrected chi connectivity index (χ4v) is 3.23. The summed E-state index contributed by atoms with van der Waals surface area (Å²) in [4.78, 5) is 13.4. The molecular weight excluding hydrogens is 304 g/mol. The van der Waals surface area contributed by atoms with Crippen LogP contribution in [0.5, 0.6) is 0 Å². The van der Waals surface area contributed by atoms with Gasteiger partial charge in [-0.3, -0.25) is 4.90 Å². The minimum absolute atomic E-state index is 0.146. The van der Waals surface area contributed by atoms with Crippen LogP contribution >= 0.6 is 0 Å². The van der Waals surface area contributed by atoms with Gasteiger partial charge in [-0.2, -0.15) is 0 Å². The molecule has 2 heterocycles. The first-order chi connectivity index (χ1) is 11.5. The summed E-state index contributed by atoms with van der Waals surface area (Å²) in [6.07, 6.45) is -0.273. The third kappa shape index (κ3) is 3.31. The summed E-state index contributed by atoms with van der Waals surface area (Å²) in [6.45, 7) is 9.27. The van der Waals surface area contributed by atoms with Crippen molar-refractivity contribution in [1.82, 2.24) is 5.32 Å². The largest absolute Gasteiger partial charge is 0.466 e. The van der Waals surface area contributed by atoms with Gasteiger partial charge in [-0.1, -0.05) is 12.1 Å². The Morgan fingerprint density at radius 2 is 1.96 bits per heavy atom. The molecule has 5 heteroatoms. The summed E-state index contributed by atoms with van der Waals surface area (Å²) in [6, 6.07) is 10.4. The Hall–Kier alpha value is -2.27. The highest BCUT2D eigenvalue weighted by molar-refractivity contribution is 5.89. The number of furan rings is 1. The monoisotopic (exact) mass is 328 g/mol. The highest BCUT2D eigenvalue weighted by atomic mass is 16.6. The predicted molar refractivity (Wildman–Crippen MR) is 93.3 cm³/mol. The van der Waals surface area contributed by atoms with Crippen molar-refractivity contribution in [2.24, 2.45) is 0 Å². The topological polar surface area (TPSA) is 54.7 Å². The lowest BCUT2D eigenvalue weighted by atomic mass is 10.0. The molecule has 0 bridgehead atoms. The number of nitrogens with zero attached hydrogens (tertiary/aromatic N) is 1. The summed E-state index contributed by atoms with van der Waals surface area (Å²) in [5, 5.41) is 3.60. The molecule has 3 rings (SSSR count). The lowest BCUT2D eigenvalue weighted by molar-refractivity contribution is 0.181. The van der Waals surface area contributed by atoms with Gasteiger partial charge in [0.1, 0.15) is 18.1 Å². The van der Waals surface area contributed by atoms with Crippen molar-refractivity contribution in [2.75, 3.05) is 18.1 Å². The third-order valence-corrected chi connectivity index (χ3v) is 4.49. The third-order valence-electron chi connectivity index (χ3n) is 4.49. The van der Waals surface area contributed by atoms with Crippen molar-refractivity contribution in [3.8, 4) is 0 Å². The number of amides is 1. The molecule has 1 aliphatic rings. The smallest absolute Gasteiger partial charge is 0.414 e. The van der Waals surface area contributed by atoms with Crippen molar-refractivity contribution in [3.63, 3.8) is 0 Å². The molecule has 1 aromatic carbocycles. The molecule has 128 valence electrons. The Morgan fingerprint density at radius 1 is 1.17 bits per heavy atom. The van der Waals surface area contributed by atoms with E-state index in [9.17, 15) is 4.79 Å². The second-order valence-corrected chi connectivity index (χ2v) is 6.34. The van der Waals surface area contributed by atoms with Crippen LogP contribution in [-0.2, 0) is 4.74 Å². The van der Waals surface area contributed by atoms with Crippen molar-refractivity contribution in [2.45, 2.75) is 39.8 Å². The number of rotatable bonds is 5. The van der Waals surface area contributed by atoms with Crippen LogP contribution in [0.15, 0.2) is 34.7 Å². The van der Waals surface area contributed by atoms with Gasteiger partial charge in [0.05, 0.1) is 6.54 Å². The summed E-state index contributed by atoms with van der Waals surface area (Å²) < 4.78 is 10.6. The second kappa shape index (κ2) is 6.69. The van der Waals surface area contributed by atoms with Gasteiger partial charge < -0.3 is 14.5 Å². The van der Waals surface area contributed by atoms with E-state index in [0.717, 1.165) is 22.8 Å². The molecule has 1 saturated heterocycles. The van der Waals surface area contributed by atoms with Crippen molar-refractivity contribution < 1.29 is 13.9 Å². The van der Waals surface area contributed by atoms with Crippen LogP contribution in [0.1, 0.15) is 48.6 Å². The number of hydrogen-bond acceptors (Lipinski definition) is 4. The van der Waals surface area contributed by atoms with Crippen LogP contribution in [0, 0.1) is 13.8 Å². The van der Waals surface area contributed by atoms with Gasteiger partial charge in [-0.05, 0) is 51.5 Å². The van der Waals surface area contributed by atoms with Crippen molar-refractivity contribution >= 4 is 11.8 Å². The van der Waals surface area contributed by atoms with Crippen LogP contribution in [-0.4, -0.2) is 19.2 Å². The molecular formula is C19H24N2O3. The van der Waals surface area contributed by atoms with Crippen LogP contribution < -0.4 is 10.2 Å². The molecule has 1 aliphatic heterocycles. The zero-order chi connectivity index (χ0) is 17.3. The first-order valence-corrected chi connectivity index (χ1v) is 8.33. The summed E-state index contributed by atoms with van der Waals surface area (Å²) in [7, 11) is 0. The Bertz CT molecular complexity index is 738. The number of carbonyl (C=O) groups is 1. The molecule has 5 nitrogen and oxygen atoms in total. The number of cyclic esters (lactones) is 1. The quantitative estimate of drug-likeness (QED) is 0.891. The van der Waals surface area contributed by atoms with Gasteiger partial charge in [-0.15, -0.1) is 0 Å². The Balaban J connectivity index is 1.74. The summed E-state index contributed by atoms with van der Waals surface area (Å²) in [5.74, 6) is 1.88. The lowest BCUT2D eigenvalue weighted by Crippen LogP contribution is -2.25. The molecule has 2 atom stereocenters. The van der Waals surface area contributed by atoms with E-state index in [-0.39, 0.29) is 18.2 Å². The zero-order valence-corrected chi connectivity index (χ0v) is 14.6. The lowest BCUT2D eigenvalue weighted by Gasteiger charge is -2.22. The van der Waals surface area contributed by atoms with Crippen molar-refractivity contribution in [1.29, 1.82) is 0 Å². The molecule has 0 spiro atoms. The van der Waals surface area contributed by atoms with E-state index in [2.05, 4.69) is 31.3 Å². The summed E-state index contributed by atoms with van der Waals surface area (Å²) in [5.41, 5.74) is 3.20. The molecule has 1 aromatic heterocycles. The van der Waals surface area contributed by atoms with Gasteiger partial charge in [0, 0.05) is 23.3 Å². The molecule has 0 aliphatic carbocycles. The number of carbonyl (C=O) groups excluding carboxylic acids is 1. The molecule has 1 amide bonds. The van der Waals surface area contributed by atoms with Crippen LogP contribution in [0.25, 0.3) is 0 Å². The number of benzene rings is 1. The molecule has 0 unspecified atom stereocenters.